The van der Waals surface area contributed by atoms with E-state index in [0.29, 0.717) is 31.6 Å². The van der Waals surface area contributed by atoms with Gasteiger partial charge in [-0.25, -0.2) is 4.98 Å². The highest BCUT2D eigenvalue weighted by Crippen LogP contribution is 2.32. The zero-order chi connectivity index (χ0) is 19.0. The van der Waals surface area contributed by atoms with Gasteiger partial charge in [0, 0.05) is 25.0 Å². The summed E-state index contributed by atoms with van der Waals surface area (Å²) in [7, 11) is 0. The first-order chi connectivity index (χ1) is 13.0. The summed E-state index contributed by atoms with van der Waals surface area (Å²) in [4.78, 5) is 31.6. The smallest absolute Gasteiger partial charge is 0.270 e. The van der Waals surface area contributed by atoms with E-state index in [1.165, 1.54) is 10.6 Å². The van der Waals surface area contributed by atoms with Crippen LogP contribution in [0.4, 0.5) is 0 Å². The van der Waals surface area contributed by atoms with Gasteiger partial charge in [-0.1, -0.05) is 36.4 Å². The summed E-state index contributed by atoms with van der Waals surface area (Å²) in [6, 6.07) is 14.9. The first kappa shape index (κ1) is 17.4. The van der Waals surface area contributed by atoms with Gasteiger partial charge in [-0.05, 0) is 37.5 Å². The number of amides is 1. The van der Waals surface area contributed by atoms with E-state index in [-0.39, 0.29) is 17.0 Å². The van der Waals surface area contributed by atoms with Gasteiger partial charge in [-0.15, -0.1) is 0 Å². The lowest BCUT2D eigenvalue weighted by Crippen LogP contribution is -2.46. The second-order valence-electron chi connectivity index (χ2n) is 7.03. The van der Waals surface area contributed by atoms with Crippen LogP contribution in [0.3, 0.4) is 0 Å². The van der Waals surface area contributed by atoms with Crippen LogP contribution in [0.2, 0.25) is 0 Å². The van der Waals surface area contributed by atoms with Crippen molar-refractivity contribution in [3.63, 3.8) is 0 Å². The third kappa shape index (κ3) is 3.02. The van der Waals surface area contributed by atoms with Crippen LogP contribution in [0.5, 0.6) is 0 Å². The molecule has 0 bridgehead atoms. The lowest BCUT2D eigenvalue weighted by molar-refractivity contribution is -0.0211. The van der Waals surface area contributed by atoms with Crippen LogP contribution in [0.25, 0.3) is 5.65 Å². The fourth-order valence-electron chi connectivity index (χ4n) is 3.71. The number of hydrogen-bond donors (Lipinski definition) is 1. The van der Waals surface area contributed by atoms with Crippen molar-refractivity contribution in [1.29, 1.82) is 0 Å². The average molecular weight is 363 g/mol. The molecule has 1 aliphatic heterocycles. The molecule has 3 heterocycles. The van der Waals surface area contributed by atoms with Gasteiger partial charge in [0.2, 0.25) is 0 Å². The van der Waals surface area contributed by atoms with Crippen LogP contribution in [0.15, 0.2) is 59.5 Å². The van der Waals surface area contributed by atoms with Gasteiger partial charge in [0.05, 0.1) is 5.60 Å². The number of benzene rings is 1. The monoisotopic (exact) mass is 363 g/mol. The molecule has 27 heavy (non-hydrogen) atoms. The van der Waals surface area contributed by atoms with E-state index in [2.05, 4.69) is 4.98 Å². The lowest BCUT2D eigenvalue weighted by atomic mass is 9.84. The van der Waals surface area contributed by atoms with Crippen molar-refractivity contribution in [2.24, 2.45) is 0 Å². The first-order valence-electron chi connectivity index (χ1n) is 9.04. The van der Waals surface area contributed by atoms with Gasteiger partial charge < -0.3 is 10.0 Å². The number of nitrogens with zero attached hydrogens (tertiary/aromatic N) is 3. The molecule has 4 rings (SSSR count). The number of aromatic nitrogens is 2. The Kier molecular flexibility index (Phi) is 4.28. The predicted octanol–water partition coefficient (Wildman–Crippen LogP) is 2.13. The lowest BCUT2D eigenvalue weighted by Gasteiger charge is -2.38. The van der Waals surface area contributed by atoms with E-state index in [0.717, 1.165) is 11.3 Å². The van der Waals surface area contributed by atoms with E-state index in [9.17, 15) is 14.7 Å². The molecule has 0 spiro atoms. The molecular formula is C21H21N3O3. The van der Waals surface area contributed by atoms with Crippen molar-refractivity contribution >= 4 is 11.6 Å². The molecule has 1 aromatic carbocycles. The van der Waals surface area contributed by atoms with Gasteiger partial charge in [-0.2, -0.15) is 0 Å². The molecule has 1 amide bonds. The second-order valence-corrected chi connectivity index (χ2v) is 7.03. The number of hydrogen-bond acceptors (Lipinski definition) is 4. The molecule has 0 aliphatic carbocycles. The van der Waals surface area contributed by atoms with Gasteiger partial charge >= 0.3 is 0 Å². The number of aryl methyl sites for hydroxylation is 1. The quantitative estimate of drug-likeness (QED) is 0.757. The summed E-state index contributed by atoms with van der Waals surface area (Å²) in [6.07, 6.45) is 2.23. The van der Waals surface area contributed by atoms with Gasteiger partial charge in [0.15, 0.2) is 0 Å². The van der Waals surface area contributed by atoms with Crippen molar-refractivity contribution in [2.75, 3.05) is 13.1 Å². The molecule has 6 nitrogen and oxygen atoms in total. The Labute approximate surface area is 156 Å². The normalized spacial score (nSPS) is 16.4. The van der Waals surface area contributed by atoms with E-state index in [4.69, 9.17) is 0 Å². The number of pyridine rings is 1. The zero-order valence-corrected chi connectivity index (χ0v) is 15.1. The molecule has 2 aromatic heterocycles. The Hall–Kier alpha value is -2.99. The van der Waals surface area contributed by atoms with E-state index in [1.54, 1.807) is 11.0 Å². The summed E-state index contributed by atoms with van der Waals surface area (Å²) < 4.78 is 1.46. The number of carbonyl (C=O) groups is 1. The first-order valence-corrected chi connectivity index (χ1v) is 9.04. The molecule has 1 N–H and O–H groups in total. The highest BCUT2D eigenvalue weighted by Gasteiger charge is 2.36. The summed E-state index contributed by atoms with van der Waals surface area (Å²) in [6.45, 7) is 2.59. The number of carbonyl (C=O) groups excluding carboxylic acids is 1. The molecule has 0 radical (unpaired) electrons. The fourth-order valence-corrected chi connectivity index (χ4v) is 3.71. The minimum atomic E-state index is -0.939. The van der Waals surface area contributed by atoms with Crippen LogP contribution in [-0.4, -0.2) is 38.4 Å². The Morgan fingerprint density at radius 3 is 2.48 bits per heavy atom. The van der Waals surface area contributed by atoms with E-state index >= 15 is 0 Å². The molecule has 1 aliphatic rings. The third-order valence-corrected chi connectivity index (χ3v) is 5.34. The Bertz CT molecular complexity index is 1050. The largest absolute Gasteiger partial charge is 0.385 e. The number of rotatable bonds is 2. The molecule has 6 heteroatoms. The Balaban J connectivity index is 1.59. The molecule has 1 saturated heterocycles. The fraction of sp³-hybridized carbons (Fsp3) is 0.286. The van der Waals surface area contributed by atoms with Crippen molar-refractivity contribution in [2.45, 2.75) is 25.4 Å². The minimum Gasteiger partial charge on any atom is -0.385 e. The van der Waals surface area contributed by atoms with Crippen molar-refractivity contribution in [3.05, 3.63) is 81.9 Å². The minimum absolute atomic E-state index is 0.0620. The summed E-state index contributed by atoms with van der Waals surface area (Å²) in [5, 5.41) is 10.9. The van der Waals surface area contributed by atoms with Crippen molar-refractivity contribution in [3.8, 4) is 0 Å². The Morgan fingerprint density at radius 1 is 1.07 bits per heavy atom. The molecule has 0 atom stereocenters. The molecule has 3 aromatic rings. The highest BCUT2D eigenvalue weighted by molar-refractivity contribution is 5.93. The van der Waals surface area contributed by atoms with Crippen LogP contribution in [0, 0.1) is 6.92 Å². The number of piperidine rings is 1. The van der Waals surface area contributed by atoms with Crippen molar-refractivity contribution < 1.29 is 9.90 Å². The average Bonchev–Trinajstić information content (AvgIpc) is 2.69. The van der Waals surface area contributed by atoms with Crippen LogP contribution in [-0.2, 0) is 5.60 Å². The zero-order valence-electron chi connectivity index (χ0n) is 15.1. The van der Waals surface area contributed by atoms with E-state index in [1.807, 2.05) is 49.4 Å². The van der Waals surface area contributed by atoms with Gasteiger partial charge in [0.1, 0.15) is 11.2 Å². The standard InChI is InChI=1S/C21H21N3O3/c1-15-6-5-9-18-22-14-17(20(26)24(15)18)19(25)23-12-10-21(27,11-13-23)16-7-3-2-4-8-16/h2-9,14,27H,10-13H2,1H3. The van der Waals surface area contributed by atoms with Crippen LogP contribution >= 0.6 is 0 Å². The molecule has 138 valence electrons. The maximum absolute atomic E-state index is 12.9. The van der Waals surface area contributed by atoms with E-state index < -0.39 is 5.60 Å². The van der Waals surface area contributed by atoms with Crippen LogP contribution in [0.1, 0.15) is 34.5 Å². The molecule has 0 saturated carbocycles. The maximum Gasteiger partial charge on any atom is 0.270 e. The Morgan fingerprint density at radius 2 is 1.78 bits per heavy atom. The summed E-state index contributed by atoms with van der Waals surface area (Å²) >= 11 is 0. The second kappa shape index (κ2) is 6.63. The summed E-state index contributed by atoms with van der Waals surface area (Å²) in [5.41, 5.74) is 0.884. The SMILES string of the molecule is Cc1cccc2ncc(C(=O)N3CCC(O)(c4ccccc4)CC3)c(=O)n12. The van der Waals surface area contributed by atoms with Gasteiger partial charge in [0.25, 0.3) is 11.5 Å². The summed E-state index contributed by atoms with van der Waals surface area (Å²) in [5.74, 6) is -0.333. The third-order valence-electron chi connectivity index (χ3n) is 5.34. The number of fused-ring (bicyclic) bond motifs is 1. The molecular weight excluding hydrogens is 342 g/mol. The van der Waals surface area contributed by atoms with Gasteiger partial charge in [-0.3, -0.25) is 14.0 Å². The predicted molar refractivity (Wildman–Crippen MR) is 102 cm³/mol. The topological polar surface area (TPSA) is 74.9 Å². The highest BCUT2D eigenvalue weighted by atomic mass is 16.3. The number of aliphatic hydroxyl groups is 1. The van der Waals surface area contributed by atoms with Crippen molar-refractivity contribution in [1.82, 2.24) is 14.3 Å². The molecule has 1 fully saturated rings. The van der Waals surface area contributed by atoms with Crippen LogP contribution < -0.4 is 5.56 Å². The molecule has 0 unspecified atom stereocenters. The number of likely N-dealkylation sites (tertiary alicyclic amines) is 1. The maximum atomic E-state index is 12.9.